The Kier molecular flexibility index (Phi) is 2.40. The molecule has 1 heterocycles. The number of benzene rings is 1. The molecule has 2 nitrogen and oxygen atoms in total. The van der Waals surface area contributed by atoms with Crippen LogP contribution in [-0.2, 0) is 12.6 Å². The molecular formula is C12H14BrNO. The van der Waals surface area contributed by atoms with E-state index < -0.39 is 5.60 Å². The van der Waals surface area contributed by atoms with E-state index in [2.05, 4.69) is 22.0 Å². The van der Waals surface area contributed by atoms with Crippen molar-refractivity contribution in [3.63, 3.8) is 0 Å². The highest BCUT2D eigenvalue weighted by molar-refractivity contribution is 9.10. The summed E-state index contributed by atoms with van der Waals surface area (Å²) in [5.74, 6) is 0. The van der Waals surface area contributed by atoms with Crippen molar-refractivity contribution >= 4 is 26.8 Å². The first-order valence-electron chi connectivity index (χ1n) is 4.88. The number of halogens is 1. The van der Waals surface area contributed by atoms with Crippen molar-refractivity contribution in [3.8, 4) is 0 Å². The second-order valence-electron chi connectivity index (χ2n) is 4.33. The molecule has 0 spiro atoms. The zero-order valence-electron chi connectivity index (χ0n) is 9.08. The van der Waals surface area contributed by atoms with E-state index >= 15 is 0 Å². The number of aryl methyl sites for hydroxylation is 1. The lowest BCUT2D eigenvalue weighted by atomic mass is 10.1. The maximum Gasteiger partial charge on any atom is 0.0989 e. The van der Waals surface area contributed by atoms with Crippen LogP contribution in [0.1, 0.15) is 19.5 Å². The molecule has 0 saturated heterocycles. The van der Waals surface area contributed by atoms with Crippen LogP contribution in [0.5, 0.6) is 0 Å². The van der Waals surface area contributed by atoms with Crippen molar-refractivity contribution in [3.05, 3.63) is 34.4 Å². The number of nitrogens with zero attached hydrogens (tertiary/aromatic N) is 1. The zero-order chi connectivity index (χ0) is 11.2. The molecule has 0 aliphatic heterocycles. The van der Waals surface area contributed by atoms with E-state index in [1.54, 1.807) is 13.8 Å². The van der Waals surface area contributed by atoms with Gasteiger partial charge in [0.1, 0.15) is 0 Å². The quantitative estimate of drug-likeness (QED) is 0.844. The summed E-state index contributed by atoms with van der Waals surface area (Å²) < 4.78 is 3.08. The number of para-hydroxylation sites is 1. The standard InChI is InChI=1S/C12H14BrNO/c1-12(2,15)10-7-8-5-4-6-9(13)11(8)14(10)3/h4-7,15H,1-3H3. The van der Waals surface area contributed by atoms with Crippen LogP contribution >= 0.6 is 15.9 Å². The van der Waals surface area contributed by atoms with Gasteiger partial charge in [0, 0.05) is 22.6 Å². The highest BCUT2D eigenvalue weighted by atomic mass is 79.9. The lowest BCUT2D eigenvalue weighted by Crippen LogP contribution is -2.19. The van der Waals surface area contributed by atoms with Gasteiger partial charge in [0.25, 0.3) is 0 Å². The molecule has 15 heavy (non-hydrogen) atoms. The van der Waals surface area contributed by atoms with Crippen LogP contribution in [0.4, 0.5) is 0 Å². The van der Waals surface area contributed by atoms with Crippen LogP contribution < -0.4 is 0 Å². The SMILES string of the molecule is Cn1c(C(C)(C)O)cc2cccc(Br)c21. The van der Waals surface area contributed by atoms with Gasteiger partial charge in [0.15, 0.2) is 0 Å². The minimum Gasteiger partial charge on any atom is -0.384 e. The highest BCUT2D eigenvalue weighted by Crippen LogP contribution is 2.31. The summed E-state index contributed by atoms with van der Waals surface area (Å²) in [4.78, 5) is 0. The Labute approximate surface area is 97.7 Å². The molecule has 0 atom stereocenters. The van der Waals surface area contributed by atoms with Gasteiger partial charge in [0.2, 0.25) is 0 Å². The molecule has 2 rings (SSSR count). The van der Waals surface area contributed by atoms with E-state index in [0.29, 0.717) is 0 Å². The van der Waals surface area contributed by atoms with Crippen molar-refractivity contribution in [2.24, 2.45) is 7.05 Å². The maximum atomic E-state index is 10.0. The van der Waals surface area contributed by atoms with Crippen LogP contribution in [0.3, 0.4) is 0 Å². The van der Waals surface area contributed by atoms with E-state index in [-0.39, 0.29) is 0 Å². The van der Waals surface area contributed by atoms with Crippen molar-refractivity contribution in [1.29, 1.82) is 0 Å². The number of aromatic nitrogens is 1. The molecule has 0 bridgehead atoms. The molecule has 1 aromatic heterocycles. The smallest absolute Gasteiger partial charge is 0.0989 e. The third-order valence-electron chi connectivity index (χ3n) is 2.63. The van der Waals surface area contributed by atoms with Gasteiger partial charge in [-0.1, -0.05) is 12.1 Å². The van der Waals surface area contributed by atoms with Gasteiger partial charge < -0.3 is 9.67 Å². The summed E-state index contributed by atoms with van der Waals surface area (Å²) in [5, 5.41) is 11.2. The second-order valence-corrected chi connectivity index (χ2v) is 5.18. The molecule has 0 radical (unpaired) electrons. The molecule has 2 aromatic rings. The van der Waals surface area contributed by atoms with Crippen LogP contribution in [0.2, 0.25) is 0 Å². The van der Waals surface area contributed by atoms with Gasteiger partial charge in [-0.15, -0.1) is 0 Å². The van der Waals surface area contributed by atoms with Gasteiger partial charge in [-0.05, 0) is 41.9 Å². The normalized spacial score (nSPS) is 12.3. The zero-order valence-corrected chi connectivity index (χ0v) is 10.7. The Morgan fingerprint density at radius 1 is 1.33 bits per heavy atom. The third-order valence-corrected chi connectivity index (χ3v) is 3.27. The fourth-order valence-corrected chi connectivity index (χ4v) is 2.60. The fourth-order valence-electron chi connectivity index (χ4n) is 1.95. The summed E-state index contributed by atoms with van der Waals surface area (Å²) >= 11 is 3.53. The number of hydrogen-bond acceptors (Lipinski definition) is 1. The number of fused-ring (bicyclic) bond motifs is 1. The van der Waals surface area contributed by atoms with Crippen LogP contribution in [0, 0.1) is 0 Å². The number of aliphatic hydroxyl groups is 1. The van der Waals surface area contributed by atoms with E-state index in [1.807, 2.05) is 29.8 Å². The van der Waals surface area contributed by atoms with Crippen molar-refractivity contribution in [2.45, 2.75) is 19.4 Å². The van der Waals surface area contributed by atoms with Gasteiger partial charge in [0.05, 0.1) is 11.1 Å². The van der Waals surface area contributed by atoms with Crippen LogP contribution in [0.15, 0.2) is 28.7 Å². The van der Waals surface area contributed by atoms with Crippen molar-refractivity contribution < 1.29 is 5.11 Å². The lowest BCUT2D eigenvalue weighted by molar-refractivity contribution is 0.0712. The summed E-state index contributed by atoms with van der Waals surface area (Å²) in [6, 6.07) is 8.09. The molecule has 0 fully saturated rings. The predicted octanol–water partition coefficient (Wildman–Crippen LogP) is 3.17. The topological polar surface area (TPSA) is 25.2 Å². The molecule has 80 valence electrons. The molecule has 0 aliphatic carbocycles. The summed E-state index contributed by atoms with van der Waals surface area (Å²) in [6.45, 7) is 3.60. The van der Waals surface area contributed by atoms with E-state index in [0.717, 1.165) is 21.1 Å². The lowest BCUT2D eigenvalue weighted by Gasteiger charge is -2.18. The Bertz CT molecular complexity index is 508. The number of rotatable bonds is 1. The first-order valence-corrected chi connectivity index (χ1v) is 5.67. The molecular weight excluding hydrogens is 254 g/mol. The minimum absolute atomic E-state index is 0.812. The largest absolute Gasteiger partial charge is 0.384 e. The van der Waals surface area contributed by atoms with Crippen LogP contribution in [0.25, 0.3) is 10.9 Å². The van der Waals surface area contributed by atoms with E-state index in [1.165, 1.54) is 0 Å². The molecule has 0 aliphatic rings. The minimum atomic E-state index is -0.812. The average molecular weight is 268 g/mol. The first kappa shape index (κ1) is 10.7. The van der Waals surface area contributed by atoms with Gasteiger partial charge >= 0.3 is 0 Å². The maximum absolute atomic E-state index is 10.0. The number of hydrogen-bond donors (Lipinski definition) is 1. The Hall–Kier alpha value is -0.800. The van der Waals surface area contributed by atoms with E-state index in [9.17, 15) is 5.11 Å². The molecule has 0 saturated carbocycles. The van der Waals surface area contributed by atoms with E-state index in [4.69, 9.17) is 0 Å². The summed E-state index contributed by atoms with van der Waals surface area (Å²) in [6.07, 6.45) is 0. The predicted molar refractivity (Wildman–Crippen MR) is 65.9 cm³/mol. The fraction of sp³-hybridized carbons (Fsp3) is 0.333. The Balaban J connectivity index is 2.82. The van der Waals surface area contributed by atoms with Crippen molar-refractivity contribution in [2.75, 3.05) is 0 Å². The van der Waals surface area contributed by atoms with Gasteiger partial charge in [-0.3, -0.25) is 0 Å². The van der Waals surface area contributed by atoms with Gasteiger partial charge in [-0.25, -0.2) is 0 Å². The molecule has 0 amide bonds. The third kappa shape index (κ3) is 1.70. The monoisotopic (exact) mass is 267 g/mol. The molecule has 0 unspecified atom stereocenters. The Morgan fingerprint density at radius 2 is 2.00 bits per heavy atom. The second kappa shape index (κ2) is 3.35. The first-order chi connectivity index (χ1) is 6.91. The summed E-state index contributed by atoms with van der Waals surface area (Å²) in [5.41, 5.74) is 1.23. The highest BCUT2D eigenvalue weighted by Gasteiger charge is 2.21. The van der Waals surface area contributed by atoms with Crippen LogP contribution in [-0.4, -0.2) is 9.67 Å². The molecule has 3 heteroatoms. The summed E-state index contributed by atoms with van der Waals surface area (Å²) in [7, 11) is 1.97. The molecule has 1 N–H and O–H groups in total. The molecule has 1 aromatic carbocycles. The van der Waals surface area contributed by atoms with Gasteiger partial charge in [-0.2, -0.15) is 0 Å². The Morgan fingerprint density at radius 3 is 2.53 bits per heavy atom. The average Bonchev–Trinajstić information content (AvgIpc) is 2.44. The van der Waals surface area contributed by atoms with Crippen molar-refractivity contribution in [1.82, 2.24) is 4.57 Å².